The Morgan fingerprint density at radius 1 is 0.429 bits per heavy atom. The van der Waals surface area contributed by atoms with Gasteiger partial charge in [-0.2, -0.15) is 0 Å². The summed E-state index contributed by atoms with van der Waals surface area (Å²) in [6.45, 7) is 4.50. The van der Waals surface area contributed by atoms with Gasteiger partial charge in [-0.25, -0.2) is 0 Å². The van der Waals surface area contributed by atoms with Crippen molar-refractivity contribution in [2.45, 2.75) is 25.7 Å². The summed E-state index contributed by atoms with van der Waals surface area (Å²) in [5.74, 6) is 0. The number of rotatable bonds is 0. The number of ether oxygens (including phenoxy) is 4. The molecule has 0 saturated carbocycles. The molecule has 2 rings (SSSR count). The Bertz CT molecular complexity index is 65.4. The Balaban J connectivity index is 0.000000140. The van der Waals surface area contributed by atoms with Crippen LogP contribution in [0.15, 0.2) is 0 Å². The van der Waals surface area contributed by atoms with Gasteiger partial charge in [0, 0.05) is 26.4 Å². The Morgan fingerprint density at radius 2 is 0.714 bits per heavy atom. The van der Waals surface area contributed by atoms with Crippen LogP contribution in [0.1, 0.15) is 25.7 Å². The largest absolute Gasteiger partial charge is 0.355 e. The van der Waals surface area contributed by atoms with Crippen LogP contribution in [0, 0.1) is 0 Å². The van der Waals surface area contributed by atoms with E-state index in [0.717, 1.165) is 52.1 Å². The van der Waals surface area contributed by atoms with E-state index in [1.54, 1.807) is 0 Å². The minimum Gasteiger partial charge on any atom is -0.355 e. The highest BCUT2D eigenvalue weighted by Gasteiger charge is 1.95. The summed E-state index contributed by atoms with van der Waals surface area (Å²) < 4.78 is 19.9. The molecule has 2 saturated heterocycles. The first-order valence-electron chi connectivity index (χ1n) is 5.31. The van der Waals surface area contributed by atoms with E-state index in [1.807, 2.05) is 0 Å². The lowest BCUT2D eigenvalue weighted by Gasteiger charge is -1.93. The molecule has 0 atom stereocenters. The van der Waals surface area contributed by atoms with Gasteiger partial charge in [0.15, 0.2) is 0 Å². The molecule has 4 nitrogen and oxygen atoms in total. The SMILES string of the molecule is C1CCOCOC1.C1CCOCOC1. The summed E-state index contributed by atoms with van der Waals surface area (Å²) >= 11 is 0. The summed E-state index contributed by atoms with van der Waals surface area (Å²) in [6, 6.07) is 0. The Hall–Kier alpha value is -0.160. The molecule has 0 aliphatic carbocycles. The Morgan fingerprint density at radius 3 is 1.00 bits per heavy atom. The number of hydrogen-bond acceptors (Lipinski definition) is 4. The molecule has 0 aromatic carbocycles. The van der Waals surface area contributed by atoms with Crippen molar-refractivity contribution in [2.75, 3.05) is 40.0 Å². The van der Waals surface area contributed by atoms with Crippen LogP contribution in [-0.2, 0) is 18.9 Å². The number of hydrogen-bond donors (Lipinski definition) is 0. The molecule has 2 heterocycles. The second-order valence-electron chi connectivity index (χ2n) is 3.28. The molecule has 2 aliphatic heterocycles. The zero-order valence-corrected chi connectivity index (χ0v) is 8.70. The third-order valence-corrected chi connectivity index (χ3v) is 1.99. The molecule has 0 bridgehead atoms. The van der Waals surface area contributed by atoms with Gasteiger partial charge in [-0.15, -0.1) is 0 Å². The molecule has 84 valence electrons. The molecule has 0 spiro atoms. The summed E-state index contributed by atoms with van der Waals surface area (Å²) in [7, 11) is 0. The fourth-order valence-corrected chi connectivity index (χ4v) is 1.17. The predicted molar refractivity (Wildman–Crippen MR) is 52.0 cm³/mol. The van der Waals surface area contributed by atoms with Crippen molar-refractivity contribution in [1.29, 1.82) is 0 Å². The van der Waals surface area contributed by atoms with Gasteiger partial charge in [0.25, 0.3) is 0 Å². The van der Waals surface area contributed by atoms with Crippen LogP contribution in [0.3, 0.4) is 0 Å². The van der Waals surface area contributed by atoms with Crippen LogP contribution in [0.4, 0.5) is 0 Å². The van der Waals surface area contributed by atoms with E-state index in [-0.39, 0.29) is 0 Å². The molecule has 0 radical (unpaired) electrons. The predicted octanol–water partition coefficient (Wildman–Crippen LogP) is 1.54. The van der Waals surface area contributed by atoms with Gasteiger partial charge in [-0.3, -0.25) is 0 Å². The second-order valence-corrected chi connectivity index (χ2v) is 3.28. The summed E-state index contributed by atoms with van der Waals surface area (Å²) in [5, 5.41) is 0. The fraction of sp³-hybridized carbons (Fsp3) is 1.00. The molecule has 0 aromatic heterocycles. The second kappa shape index (κ2) is 9.40. The van der Waals surface area contributed by atoms with Crippen LogP contribution in [-0.4, -0.2) is 40.0 Å². The van der Waals surface area contributed by atoms with E-state index in [4.69, 9.17) is 18.9 Å². The van der Waals surface area contributed by atoms with Crippen molar-refractivity contribution in [3.8, 4) is 0 Å². The van der Waals surface area contributed by atoms with Crippen molar-refractivity contribution in [3.63, 3.8) is 0 Å². The maximum atomic E-state index is 4.97. The van der Waals surface area contributed by atoms with E-state index in [0.29, 0.717) is 13.6 Å². The van der Waals surface area contributed by atoms with Crippen LogP contribution in [0.25, 0.3) is 0 Å². The fourth-order valence-electron chi connectivity index (χ4n) is 1.17. The normalized spacial score (nSPS) is 24.0. The molecule has 14 heavy (non-hydrogen) atoms. The highest BCUT2D eigenvalue weighted by molar-refractivity contribution is 4.39. The summed E-state index contributed by atoms with van der Waals surface area (Å²) in [4.78, 5) is 0. The van der Waals surface area contributed by atoms with Crippen molar-refractivity contribution < 1.29 is 18.9 Å². The lowest BCUT2D eigenvalue weighted by Crippen LogP contribution is -1.93. The summed E-state index contributed by atoms with van der Waals surface area (Å²) in [6.07, 6.45) is 4.61. The minimum atomic E-state index is 0.500. The van der Waals surface area contributed by atoms with Crippen molar-refractivity contribution in [1.82, 2.24) is 0 Å². The third-order valence-electron chi connectivity index (χ3n) is 1.99. The Labute approximate surface area is 85.5 Å². The maximum Gasteiger partial charge on any atom is 0.146 e. The van der Waals surface area contributed by atoms with E-state index in [2.05, 4.69) is 0 Å². The topological polar surface area (TPSA) is 36.9 Å². The zero-order valence-electron chi connectivity index (χ0n) is 8.70. The smallest absolute Gasteiger partial charge is 0.146 e. The molecule has 0 unspecified atom stereocenters. The molecular weight excluding hydrogens is 184 g/mol. The summed E-state index contributed by atoms with van der Waals surface area (Å²) in [5.41, 5.74) is 0. The first-order chi connectivity index (χ1) is 7.00. The lowest BCUT2D eigenvalue weighted by atomic mass is 10.3. The molecule has 0 N–H and O–H groups in total. The molecular formula is C10H20O4. The quantitative estimate of drug-likeness (QED) is 0.600. The van der Waals surface area contributed by atoms with Crippen molar-refractivity contribution in [3.05, 3.63) is 0 Å². The molecule has 2 fully saturated rings. The van der Waals surface area contributed by atoms with Crippen LogP contribution >= 0.6 is 0 Å². The van der Waals surface area contributed by atoms with Gasteiger partial charge in [0.2, 0.25) is 0 Å². The molecule has 0 amide bonds. The standard InChI is InChI=1S/2C5H10O2/c2*1-2-4-7-5-6-3-1/h2*1-5H2. The van der Waals surface area contributed by atoms with Crippen molar-refractivity contribution in [2.24, 2.45) is 0 Å². The van der Waals surface area contributed by atoms with E-state index in [1.165, 1.54) is 0 Å². The average molecular weight is 204 g/mol. The van der Waals surface area contributed by atoms with Gasteiger partial charge in [-0.1, -0.05) is 0 Å². The minimum absolute atomic E-state index is 0.500. The van der Waals surface area contributed by atoms with Crippen molar-refractivity contribution >= 4 is 0 Å². The van der Waals surface area contributed by atoms with Crippen LogP contribution in [0.5, 0.6) is 0 Å². The van der Waals surface area contributed by atoms with Gasteiger partial charge in [0.1, 0.15) is 13.6 Å². The van der Waals surface area contributed by atoms with E-state index < -0.39 is 0 Å². The van der Waals surface area contributed by atoms with E-state index >= 15 is 0 Å². The van der Waals surface area contributed by atoms with Gasteiger partial charge in [-0.05, 0) is 25.7 Å². The van der Waals surface area contributed by atoms with Gasteiger partial charge < -0.3 is 18.9 Å². The third kappa shape index (κ3) is 7.26. The first-order valence-corrected chi connectivity index (χ1v) is 5.31. The van der Waals surface area contributed by atoms with E-state index in [9.17, 15) is 0 Å². The highest BCUT2D eigenvalue weighted by Crippen LogP contribution is 1.96. The van der Waals surface area contributed by atoms with Gasteiger partial charge in [0.05, 0.1) is 0 Å². The highest BCUT2D eigenvalue weighted by atomic mass is 16.7. The maximum absolute atomic E-state index is 4.97. The lowest BCUT2D eigenvalue weighted by molar-refractivity contribution is -0.0319. The molecule has 4 heteroatoms. The average Bonchev–Trinajstić information content (AvgIpc) is 2.68. The monoisotopic (exact) mass is 204 g/mol. The molecule has 0 aromatic rings. The van der Waals surface area contributed by atoms with Crippen LogP contribution < -0.4 is 0 Å². The van der Waals surface area contributed by atoms with Gasteiger partial charge >= 0.3 is 0 Å². The molecule has 2 aliphatic rings. The zero-order chi connectivity index (χ0) is 9.90. The first kappa shape index (κ1) is 11.9. The van der Waals surface area contributed by atoms with Crippen LogP contribution in [0.2, 0.25) is 0 Å². The Kier molecular flexibility index (Phi) is 8.00.